The Hall–Kier alpha value is -2.32. The van der Waals surface area contributed by atoms with Gasteiger partial charge in [-0.15, -0.1) is 0 Å². The molecule has 0 unspecified atom stereocenters. The molecule has 0 spiro atoms. The lowest BCUT2D eigenvalue weighted by molar-refractivity contribution is -0.145. The number of nitrogens with zero attached hydrogens (tertiary/aromatic N) is 2. The van der Waals surface area contributed by atoms with Crippen LogP contribution in [0.15, 0.2) is 0 Å². The van der Waals surface area contributed by atoms with Crippen LogP contribution in [0.5, 0.6) is 0 Å². The number of amides is 5. The number of nitrogens with one attached hydrogen (secondary N) is 2. The second-order valence-electron chi connectivity index (χ2n) is 8.60. The second-order valence-corrected chi connectivity index (χ2v) is 8.60. The van der Waals surface area contributed by atoms with E-state index < -0.39 is 29.9 Å². The lowest BCUT2D eigenvalue weighted by Gasteiger charge is -2.32. The molecule has 1 heterocycles. The zero-order valence-corrected chi connectivity index (χ0v) is 17.2. The SMILES string of the molecule is CC(C)NC(=O)N[C@H]1CCN(C(=O)CC(C)(C)C)[C@@H]1C(=O)N(C)CC(N)=O. The van der Waals surface area contributed by atoms with Gasteiger partial charge in [-0.2, -0.15) is 0 Å². The van der Waals surface area contributed by atoms with Gasteiger partial charge < -0.3 is 26.2 Å². The highest BCUT2D eigenvalue weighted by Crippen LogP contribution is 2.26. The van der Waals surface area contributed by atoms with E-state index in [0.29, 0.717) is 13.0 Å². The van der Waals surface area contributed by atoms with Crippen molar-refractivity contribution in [3.8, 4) is 0 Å². The Bertz CT molecular complexity index is 585. The van der Waals surface area contributed by atoms with Gasteiger partial charge in [0, 0.05) is 26.1 Å². The average molecular weight is 383 g/mol. The number of hydrogen-bond acceptors (Lipinski definition) is 4. The van der Waals surface area contributed by atoms with Gasteiger partial charge >= 0.3 is 6.03 Å². The number of hydrogen-bond donors (Lipinski definition) is 3. The van der Waals surface area contributed by atoms with Crippen LogP contribution in [-0.4, -0.2) is 71.8 Å². The van der Waals surface area contributed by atoms with Gasteiger partial charge in [0.25, 0.3) is 0 Å². The van der Waals surface area contributed by atoms with Crippen LogP contribution in [0.4, 0.5) is 4.79 Å². The number of carbonyl (C=O) groups is 4. The topological polar surface area (TPSA) is 125 Å². The number of carbonyl (C=O) groups excluding carboxylic acids is 4. The average Bonchev–Trinajstić information content (AvgIpc) is 2.86. The van der Waals surface area contributed by atoms with Gasteiger partial charge in [0.05, 0.1) is 12.6 Å². The van der Waals surface area contributed by atoms with Crippen molar-refractivity contribution in [2.45, 2.75) is 65.6 Å². The van der Waals surface area contributed by atoms with Crippen molar-refractivity contribution in [1.82, 2.24) is 20.4 Å². The number of primary amides is 1. The molecule has 1 fully saturated rings. The molecule has 0 aromatic carbocycles. The van der Waals surface area contributed by atoms with Gasteiger partial charge in [-0.25, -0.2) is 4.79 Å². The summed E-state index contributed by atoms with van der Waals surface area (Å²) >= 11 is 0. The maximum atomic E-state index is 12.9. The van der Waals surface area contributed by atoms with Crippen LogP contribution in [0, 0.1) is 5.41 Å². The first kappa shape index (κ1) is 22.7. The van der Waals surface area contributed by atoms with Crippen LogP contribution in [-0.2, 0) is 14.4 Å². The molecule has 27 heavy (non-hydrogen) atoms. The van der Waals surface area contributed by atoms with E-state index in [9.17, 15) is 19.2 Å². The summed E-state index contributed by atoms with van der Waals surface area (Å²) in [5.41, 5.74) is 4.95. The minimum Gasteiger partial charge on any atom is -0.368 e. The van der Waals surface area contributed by atoms with E-state index in [1.54, 1.807) is 0 Å². The van der Waals surface area contributed by atoms with Gasteiger partial charge in [-0.05, 0) is 25.7 Å². The quantitative estimate of drug-likeness (QED) is 0.599. The summed E-state index contributed by atoms with van der Waals surface area (Å²) in [6, 6.07) is -1.84. The van der Waals surface area contributed by atoms with Crippen molar-refractivity contribution >= 4 is 23.8 Å². The standard InChI is InChI=1S/C18H33N5O4/c1-11(2)20-17(27)21-12-7-8-23(14(25)9-18(3,4)5)15(12)16(26)22(6)10-13(19)24/h11-12,15H,7-10H2,1-6H3,(H2,19,24)(H2,20,21,27)/t12-,15-/m0/s1. The second kappa shape index (κ2) is 9.05. The summed E-state index contributed by atoms with van der Waals surface area (Å²) < 4.78 is 0. The summed E-state index contributed by atoms with van der Waals surface area (Å²) in [5.74, 6) is -1.20. The summed E-state index contributed by atoms with van der Waals surface area (Å²) in [7, 11) is 1.46. The molecule has 9 heteroatoms. The number of urea groups is 1. The maximum absolute atomic E-state index is 12.9. The molecule has 1 saturated heterocycles. The van der Waals surface area contributed by atoms with Crippen molar-refractivity contribution in [3.05, 3.63) is 0 Å². The summed E-state index contributed by atoms with van der Waals surface area (Å²) in [4.78, 5) is 51.7. The van der Waals surface area contributed by atoms with Crippen LogP contribution in [0.25, 0.3) is 0 Å². The third-order valence-electron chi connectivity index (χ3n) is 4.16. The van der Waals surface area contributed by atoms with Gasteiger partial charge in [-0.1, -0.05) is 20.8 Å². The van der Waals surface area contributed by atoms with Gasteiger partial charge in [-0.3, -0.25) is 14.4 Å². The zero-order chi connectivity index (χ0) is 20.9. The van der Waals surface area contributed by atoms with Crippen molar-refractivity contribution in [3.63, 3.8) is 0 Å². The van der Waals surface area contributed by atoms with Gasteiger partial charge in [0.1, 0.15) is 6.04 Å². The Balaban J connectivity index is 3.02. The van der Waals surface area contributed by atoms with Crippen LogP contribution in [0.2, 0.25) is 0 Å². The Morgan fingerprint density at radius 2 is 1.81 bits per heavy atom. The molecule has 1 aliphatic rings. The van der Waals surface area contributed by atoms with Crippen molar-refractivity contribution in [1.29, 1.82) is 0 Å². The fourth-order valence-electron chi connectivity index (χ4n) is 3.09. The third kappa shape index (κ3) is 7.07. The lowest BCUT2D eigenvalue weighted by Crippen LogP contribution is -2.57. The number of nitrogens with two attached hydrogens (primary N) is 1. The maximum Gasteiger partial charge on any atom is 0.315 e. The summed E-state index contributed by atoms with van der Waals surface area (Å²) in [6.45, 7) is 9.62. The minimum absolute atomic E-state index is 0.0586. The van der Waals surface area contributed by atoms with Crippen LogP contribution >= 0.6 is 0 Å². The van der Waals surface area contributed by atoms with Gasteiger partial charge in [0.15, 0.2) is 0 Å². The number of likely N-dealkylation sites (N-methyl/N-ethyl adjacent to an activating group) is 1. The molecule has 0 bridgehead atoms. The highest BCUT2D eigenvalue weighted by atomic mass is 16.2. The Labute approximate surface area is 161 Å². The molecule has 4 N–H and O–H groups in total. The normalized spacial score (nSPS) is 19.7. The van der Waals surface area contributed by atoms with E-state index in [-0.39, 0.29) is 30.3 Å². The Morgan fingerprint density at radius 3 is 2.30 bits per heavy atom. The third-order valence-corrected chi connectivity index (χ3v) is 4.16. The molecule has 1 aliphatic heterocycles. The van der Waals surface area contributed by atoms with Crippen molar-refractivity contribution < 1.29 is 19.2 Å². The molecule has 9 nitrogen and oxygen atoms in total. The zero-order valence-electron chi connectivity index (χ0n) is 17.2. The molecule has 2 atom stereocenters. The monoisotopic (exact) mass is 383 g/mol. The Morgan fingerprint density at radius 1 is 1.22 bits per heavy atom. The first-order chi connectivity index (χ1) is 12.3. The molecule has 0 aromatic rings. The summed E-state index contributed by atoms with van der Waals surface area (Å²) in [6.07, 6.45) is 0.740. The molecule has 0 saturated carbocycles. The molecule has 0 radical (unpaired) electrons. The molecule has 0 aliphatic carbocycles. The smallest absolute Gasteiger partial charge is 0.315 e. The first-order valence-electron chi connectivity index (χ1n) is 9.21. The molecule has 5 amide bonds. The number of rotatable bonds is 6. The lowest BCUT2D eigenvalue weighted by atomic mass is 9.91. The van der Waals surface area contributed by atoms with E-state index in [4.69, 9.17) is 5.73 Å². The fraction of sp³-hybridized carbons (Fsp3) is 0.778. The molecular formula is C18H33N5O4. The predicted octanol–water partition coefficient (Wildman–Crippen LogP) is 0.0434. The fourth-order valence-corrected chi connectivity index (χ4v) is 3.09. The van der Waals surface area contributed by atoms with Crippen molar-refractivity contribution in [2.75, 3.05) is 20.1 Å². The van der Waals surface area contributed by atoms with E-state index in [2.05, 4.69) is 10.6 Å². The minimum atomic E-state index is -0.859. The highest BCUT2D eigenvalue weighted by molar-refractivity contribution is 5.92. The highest BCUT2D eigenvalue weighted by Gasteiger charge is 2.44. The predicted molar refractivity (Wildman–Crippen MR) is 102 cm³/mol. The van der Waals surface area contributed by atoms with Crippen LogP contribution in [0.3, 0.4) is 0 Å². The van der Waals surface area contributed by atoms with Crippen molar-refractivity contribution in [2.24, 2.45) is 11.1 Å². The largest absolute Gasteiger partial charge is 0.368 e. The van der Waals surface area contributed by atoms with E-state index >= 15 is 0 Å². The van der Waals surface area contributed by atoms with Gasteiger partial charge in [0.2, 0.25) is 17.7 Å². The molecule has 0 aromatic heterocycles. The van der Waals surface area contributed by atoms with E-state index in [1.165, 1.54) is 16.8 Å². The number of likely N-dealkylation sites (tertiary alicyclic amines) is 1. The molecule has 154 valence electrons. The van der Waals surface area contributed by atoms with E-state index in [1.807, 2.05) is 34.6 Å². The van der Waals surface area contributed by atoms with Crippen LogP contribution in [0.1, 0.15) is 47.5 Å². The van der Waals surface area contributed by atoms with Crippen LogP contribution < -0.4 is 16.4 Å². The molecular weight excluding hydrogens is 350 g/mol. The van der Waals surface area contributed by atoms with E-state index in [0.717, 1.165) is 0 Å². The Kier molecular flexibility index (Phi) is 7.62. The first-order valence-corrected chi connectivity index (χ1v) is 9.21. The summed E-state index contributed by atoms with van der Waals surface area (Å²) in [5, 5.41) is 5.51. The molecule has 1 rings (SSSR count).